The number of anilines is 2. The van der Waals surface area contributed by atoms with E-state index < -0.39 is 11.6 Å². The lowest BCUT2D eigenvalue weighted by Crippen LogP contribution is -2.55. The summed E-state index contributed by atoms with van der Waals surface area (Å²) in [5.74, 6) is 1.58. The molecule has 0 unspecified atom stereocenters. The van der Waals surface area contributed by atoms with E-state index in [0.29, 0.717) is 24.4 Å². The summed E-state index contributed by atoms with van der Waals surface area (Å²) in [6, 6.07) is 28.6. The number of hydrogen-bond acceptors (Lipinski definition) is 10. The predicted octanol–water partition coefficient (Wildman–Crippen LogP) is 9.98. The first-order chi connectivity index (χ1) is 31.9. The molecule has 11 nitrogen and oxygen atoms in total. The molecule has 0 saturated carbocycles. The fourth-order valence-corrected chi connectivity index (χ4v) is 12.0. The summed E-state index contributed by atoms with van der Waals surface area (Å²) in [5.41, 5.74) is 12.4. The Morgan fingerprint density at radius 2 is 1.56 bits per heavy atom. The highest BCUT2D eigenvalue weighted by Crippen LogP contribution is 2.46. The van der Waals surface area contributed by atoms with Gasteiger partial charge in [-0.15, -0.1) is 21.5 Å². The van der Waals surface area contributed by atoms with Crippen LogP contribution in [-0.4, -0.2) is 100 Å². The molecule has 1 atom stereocenters. The van der Waals surface area contributed by atoms with Gasteiger partial charge in [-0.3, -0.25) is 14.5 Å². The monoisotopic (exact) mass is 921 g/mol. The van der Waals surface area contributed by atoms with Gasteiger partial charge >= 0.3 is 5.97 Å². The van der Waals surface area contributed by atoms with E-state index in [4.69, 9.17) is 21.3 Å². The molecule has 1 aliphatic carbocycles. The molecule has 0 amide bonds. The Hall–Kier alpha value is -5.79. The zero-order valence-electron chi connectivity index (χ0n) is 38.3. The molecule has 2 aromatic heterocycles. The number of piperidine rings is 1. The van der Waals surface area contributed by atoms with Gasteiger partial charge in [-0.2, -0.15) is 0 Å². The van der Waals surface area contributed by atoms with Crippen LogP contribution in [0.5, 0.6) is 5.75 Å². The van der Waals surface area contributed by atoms with Crippen molar-refractivity contribution < 1.29 is 19.7 Å². The van der Waals surface area contributed by atoms with E-state index >= 15 is 0 Å². The van der Waals surface area contributed by atoms with Crippen LogP contribution in [0.15, 0.2) is 89.9 Å². The first-order valence-corrected chi connectivity index (χ1v) is 24.3. The van der Waals surface area contributed by atoms with E-state index in [0.717, 1.165) is 137 Å². The number of allylic oxidation sites excluding steroid dienone is 1. The number of aryl methyl sites for hydroxylation is 3. The normalized spacial score (nSPS) is 18.5. The zero-order chi connectivity index (χ0) is 45.9. The number of carboxylic acids is 1. The number of rotatable bonds is 9. The number of aliphatic hydroxyl groups is 1. The first-order valence-electron chi connectivity index (χ1n) is 23.1. The third-order valence-corrected chi connectivity index (χ3v) is 15.8. The number of hydrogen-bond donors (Lipinski definition) is 2. The molecular weight excluding hydrogens is 866 g/mol. The number of nitrogens with zero attached hydrogens (tertiary/aromatic N) is 7. The van der Waals surface area contributed by atoms with Gasteiger partial charge in [-0.05, 0) is 136 Å². The zero-order valence-corrected chi connectivity index (χ0v) is 39.8. The molecule has 0 radical (unpaired) electrons. The lowest BCUT2D eigenvalue weighted by Gasteiger charge is -2.44. The quantitative estimate of drug-likeness (QED) is 0.146. The number of carboxylic acid groups (broad SMARTS) is 1. The largest absolute Gasteiger partial charge is 0.496 e. The Morgan fingerprint density at radius 3 is 2.29 bits per heavy atom. The summed E-state index contributed by atoms with van der Waals surface area (Å²) in [4.78, 5) is 25.7. The first kappa shape index (κ1) is 44.1. The fraction of sp³-hybridized carbons (Fsp3) is 0.358. The number of aliphatic imine (C=N–C) groups is 1. The number of carbonyl (C=O) groups is 1. The molecule has 0 bridgehead atoms. The maximum atomic E-state index is 12.0. The van der Waals surface area contributed by atoms with E-state index in [-0.39, 0.29) is 11.6 Å². The number of fused-ring (bicyclic) bond motifs is 4. The van der Waals surface area contributed by atoms with Crippen LogP contribution in [-0.2, 0) is 6.42 Å². The molecule has 10 rings (SSSR count). The van der Waals surface area contributed by atoms with Gasteiger partial charge in [0.25, 0.3) is 0 Å². The van der Waals surface area contributed by atoms with Gasteiger partial charge in [-0.25, -0.2) is 4.79 Å². The molecular formula is C53H56ClN7O4S. The van der Waals surface area contributed by atoms with Gasteiger partial charge in [0, 0.05) is 89.8 Å². The third-order valence-electron chi connectivity index (χ3n) is 14.3. The third kappa shape index (κ3) is 8.12. The summed E-state index contributed by atoms with van der Waals surface area (Å²) < 4.78 is 8.34. The Bertz CT molecular complexity index is 2900. The smallest absolute Gasteiger partial charge is 0.335 e. The van der Waals surface area contributed by atoms with Crippen LogP contribution in [0.1, 0.15) is 104 Å². The molecule has 2 fully saturated rings. The molecule has 3 aliphatic heterocycles. The minimum atomic E-state index is -0.929. The minimum Gasteiger partial charge on any atom is -0.496 e. The molecule has 0 spiro atoms. The Morgan fingerprint density at radius 1 is 0.848 bits per heavy atom. The Labute approximate surface area is 395 Å². The molecule has 5 heterocycles. The second-order valence-electron chi connectivity index (χ2n) is 18.3. The van der Waals surface area contributed by atoms with Gasteiger partial charge < -0.3 is 24.7 Å². The molecule has 2 saturated heterocycles. The molecule has 2 N–H and O–H groups in total. The highest BCUT2D eigenvalue weighted by molar-refractivity contribution is 7.15. The van der Waals surface area contributed by atoms with Crippen LogP contribution in [0.3, 0.4) is 0 Å². The topological polar surface area (TPSA) is 120 Å². The number of β-amino-alcohol motifs (C(OH)–C–C–N with tert-alkyl or cyclic N) is 1. The predicted molar refractivity (Wildman–Crippen MR) is 266 cm³/mol. The molecule has 4 aliphatic rings. The second-order valence-corrected chi connectivity index (χ2v) is 19.9. The van der Waals surface area contributed by atoms with E-state index in [9.17, 15) is 15.0 Å². The summed E-state index contributed by atoms with van der Waals surface area (Å²) in [5, 5.41) is 32.5. The second kappa shape index (κ2) is 17.8. The number of aromatic nitrogens is 3. The maximum absolute atomic E-state index is 12.0. The number of aromatic carboxylic acids is 1. The van der Waals surface area contributed by atoms with E-state index in [1.165, 1.54) is 16.0 Å². The van der Waals surface area contributed by atoms with Crippen molar-refractivity contribution >= 4 is 57.1 Å². The molecule has 13 heteroatoms. The van der Waals surface area contributed by atoms with E-state index in [2.05, 4.69) is 98.8 Å². The van der Waals surface area contributed by atoms with E-state index in [1.807, 2.05) is 37.3 Å². The lowest BCUT2D eigenvalue weighted by atomic mass is 9.86. The average Bonchev–Trinajstić information content (AvgIpc) is 3.73. The van der Waals surface area contributed by atoms with Crippen molar-refractivity contribution in [2.45, 2.75) is 71.4 Å². The Kier molecular flexibility index (Phi) is 11.9. The summed E-state index contributed by atoms with van der Waals surface area (Å²) in [7, 11) is 1.72. The van der Waals surface area contributed by atoms with Gasteiger partial charge in [0.1, 0.15) is 22.6 Å². The highest BCUT2D eigenvalue weighted by Gasteiger charge is 2.36. The molecule has 4 aromatic carbocycles. The van der Waals surface area contributed by atoms with Crippen LogP contribution in [0, 0.1) is 20.8 Å². The van der Waals surface area contributed by atoms with Crippen LogP contribution in [0.4, 0.5) is 11.4 Å². The minimum absolute atomic E-state index is 0.124. The van der Waals surface area contributed by atoms with Crippen molar-refractivity contribution in [1.82, 2.24) is 19.7 Å². The van der Waals surface area contributed by atoms with Gasteiger partial charge in [-0.1, -0.05) is 48.0 Å². The summed E-state index contributed by atoms with van der Waals surface area (Å²) in [6.07, 6.45) is 3.84. The van der Waals surface area contributed by atoms with Crippen molar-refractivity contribution in [2.24, 2.45) is 4.99 Å². The van der Waals surface area contributed by atoms with Gasteiger partial charge in [0.05, 0.1) is 24.0 Å². The summed E-state index contributed by atoms with van der Waals surface area (Å²) >= 11 is 8.63. The molecule has 340 valence electrons. The van der Waals surface area contributed by atoms with Crippen LogP contribution in [0.25, 0.3) is 16.1 Å². The number of halogens is 1. The molecule has 6 aromatic rings. The van der Waals surface area contributed by atoms with Crippen molar-refractivity contribution in [2.75, 3.05) is 62.7 Å². The SMILES string of the molecule is COc1cc(N2CCN(CC3(O)CCN(c4ccc(C5=N[C@@H](C)c6nnc(C)n6-c6sc(C)c(C)c65)cc4)CC3)CC2)ccc1C1=C(c2ccccc2Cl)CCCc2cc(C(=O)O)ccc21. The van der Waals surface area contributed by atoms with Crippen molar-refractivity contribution in [3.05, 3.63) is 151 Å². The Balaban J connectivity index is 0.804. The van der Waals surface area contributed by atoms with Crippen molar-refractivity contribution in [3.63, 3.8) is 0 Å². The summed E-state index contributed by atoms with van der Waals surface area (Å²) in [6.45, 7) is 14.1. The van der Waals surface area contributed by atoms with Gasteiger partial charge in [0.2, 0.25) is 0 Å². The highest BCUT2D eigenvalue weighted by atomic mass is 35.5. The standard InChI is InChI=1S/C53H56ClN7O4S/c1-32-34(3)66-51-47(32)49(55-33(2)50-57-56-35(4)61(50)51)36-13-16-39(17-14-36)59-23-21-53(64,22-24-59)31-58-25-27-60(28-26-58)40-18-20-44(46(30-40)65-5)48-41-19-15-38(52(62)63)29-37(41)9-8-11-43(48)42-10-6-7-12-45(42)54/h6-7,10,12-20,29-30,33,64H,8-9,11,21-28,31H2,1-5H3,(H,62,63)/t33-/m0/s1. The number of thiophene rings is 1. The number of benzene rings is 4. The van der Waals surface area contributed by atoms with Crippen molar-refractivity contribution in [3.8, 4) is 10.8 Å². The van der Waals surface area contributed by atoms with E-state index in [1.54, 1.807) is 24.5 Å². The molecule has 66 heavy (non-hydrogen) atoms. The van der Waals surface area contributed by atoms with Crippen LogP contribution in [0.2, 0.25) is 5.02 Å². The van der Waals surface area contributed by atoms with Crippen LogP contribution < -0.4 is 14.5 Å². The number of ether oxygens (including phenoxy) is 1. The fourth-order valence-electron chi connectivity index (χ4n) is 10.5. The van der Waals surface area contributed by atoms with Crippen molar-refractivity contribution in [1.29, 1.82) is 0 Å². The maximum Gasteiger partial charge on any atom is 0.335 e. The number of methoxy groups -OCH3 is 1. The number of piperazine rings is 1. The lowest BCUT2D eigenvalue weighted by molar-refractivity contribution is -0.0173. The van der Waals surface area contributed by atoms with Crippen LogP contribution >= 0.6 is 22.9 Å². The van der Waals surface area contributed by atoms with Gasteiger partial charge in [0.15, 0.2) is 5.82 Å². The average molecular weight is 923 g/mol.